The molecule has 4 rings (SSSR count). The monoisotopic (exact) mass is 385 g/mol. The van der Waals surface area contributed by atoms with Crippen LogP contribution in [0, 0.1) is 0 Å². The van der Waals surface area contributed by atoms with Gasteiger partial charge in [0.2, 0.25) is 5.91 Å². The number of fused-ring (bicyclic) bond motifs is 1. The number of piperidine rings is 1. The summed E-state index contributed by atoms with van der Waals surface area (Å²) in [7, 11) is 1.71. The van der Waals surface area contributed by atoms with Crippen LogP contribution in [0.2, 0.25) is 0 Å². The minimum absolute atomic E-state index is 0.122. The first-order chi connectivity index (χ1) is 13.5. The van der Waals surface area contributed by atoms with Crippen molar-refractivity contribution in [1.29, 1.82) is 0 Å². The summed E-state index contributed by atoms with van der Waals surface area (Å²) in [6, 6.07) is 6.19. The Hall–Kier alpha value is -2.05. The summed E-state index contributed by atoms with van der Waals surface area (Å²) in [5.74, 6) is 1.65. The van der Waals surface area contributed by atoms with Crippen molar-refractivity contribution in [3.63, 3.8) is 0 Å². The van der Waals surface area contributed by atoms with Gasteiger partial charge < -0.3 is 19.4 Å². The fourth-order valence-corrected chi connectivity index (χ4v) is 4.66. The maximum Gasteiger partial charge on any atom is 0.236 e. The van der Waals surface area contributed by atoms with Gasteiger partial charge in [0.05, 0.1) is 25.9 Å². The van der Waals surface area contributed by atoms with Gasteiger partial charge in [-0.25, -0.2) is 0 Å². The highest BCUT2D eigenvalue weighted by molar-refractivity contribution is 5.85. The number of aromatic amines is 1. The van der Waals surface area contributed by atoms with Crippen LogP contribution in [-0.2, 0) is 9.53 Å². The minimum Gasteiger partial charge on any atom is -0.497 e. The number of nitrogens with one attached hydrogen (secondary N) is 1. The van der Waals surface area contributed by atoms with E-state index in [4.69, 9.17) is 9.47 Å². The normalized spacial score (nSPS) is 24.6. The van der Waals surface area contributed by atoms with E-state index >= 15 is 0 Å². The van der Waals surface area contributed by atoms with Crippen molar-refractivity contribution in [2.75, 3.05) is 39.8 Å². The Kier molecular flexibility index (Phi) is 5.60. The highest BCUT2D eigenvalue weighted by atomic mass is 16.5. The maximum atomic E-state index is 12.7. The van der Waals surface area contributed by atoms with Crippen molar-refractivity contribution in [2.45, 2.75) is 44.8 Å². The van der Waals surface area contributed by atoms with Crippen LogP contribution in [0.5, 0.6) is 5.75 Å². The summed E-state index contributed by atoms with van der Waals surface area (Å²) in [6.07, 6.45) is 4.54. The third-order valence-electron chi connectivity index (χ3n) is 6.08. The molecule has 2 fully saturated rings. The molecule has 1 N–H and O–H groups in total. The van der Waals surface area contributed by atoms with Gasteiger partial charge in [0.25, 0.3) is 0 Å². The topological polar surface area (TPSA) is 57.8 Å². The summed E-state index contributed by atoms with van der Waals surface area (Å²) in [5, 5.41) is 1.25. The molecule has 0 saturated carbocycles. The van der Waals surface area contributed by atoms with E-state index in [1.165, 1.54) is 10.9 Å². The minimum atomic E-state index is 0.122. The third kappa shape index (κ3) is 4.03. The second-order valence-electron chi connectivity index (χ2n) is 8.26. The van der Waals surface area contributed by atoms with Gasteiger partial charge in [0.15, 0.2) is 0 Å². The molecule has 2 aliphatic rings. The summed E-state index contributed by atoms with van der Waals surface area (Å²) in [5.41, 5.74) is 2.53. The van der Waals surface area contributed by atoms with E-state index in [9.17, 15) is 4.79 Å². The van der Waals surface area contributed by atoms with Crippen LogP contribution in [0.25, 0.3) is 10.9 Å². The summed E-state index contributed by atoms with van der Waals surface area (Å²) < 4.78 is 11.1. The SMILES string of the molecule is COc1ccc2[nH]cc(C3CCN(CC(=O)N4CC(C)OC(C)C4)CC3)c2c1. The molecule has 0 bridgehead atoms. The van der Waals surface area contributed by atoms with E-state index < -0.39 is 0 Å². The lowest BCUT2D eigenvalue weighted by molar-refractivity contribution is -0.144. The Morgan fingerprint density at radius 3 is 2.61 bits per heavy atom. The van der Waals surface area contributed by atoms with Crippen LogP contribution in [0.15, 0.2) is 24.4 Å². The zero-order chi connectivity index (χ0) is 19.7. The van der Waals surface area contributed by atoms with Crippen LogP contribution < -0.4 is 4.74 Å². The molecular weight excluding hydrogens is 354 g/mol. The number of H-pyrrole nitrogens is 1. The van der Waals surface area contributed by atoms with Gasteiger partial charge in [-0.05, 0) is 69.5 Å². The molecule has 3 heterocycles. The maximum absolute atomic E-state index is 12.7. The summed E-state index contributed by atoms with van der Waals surface area (Å²) >= 11 is 0. The lowest BCUT2D eigenvalue weighted by Crippen LogP contribution is -2.51. The third-order valence-corrected chi connectivity index (χ3v) is 6.08. The number of hydrogen-bond donors (Lipinski definition) is 1. The molecule has 0 aliphatic carbocycles. The summed E-state index contributed by atoms with van der Waals surface area (Å²) in [6.45, 7) is 7.93. The van der Waals surface area contributed by atoms with Crippen molar-refractivity contribution < 1.29 is 14.3 Å². The van der Waals surface area contributed by atoms with Crippen molar-refractivity contribution >= 4 is 16.8 Å². The average Bonchev–Trinajstić information content (AvgIpc) is 3.11. The number of benzene rings is 1. The molecular formula is C22H31N3O3. The van der Waals surface area contributed by atoms with Gasteiger partial charge in [-0.15, -0.1) is 0 Å². The highest BCUT2D eigenvalue weighted by Gasteiger charge is 2.29. The fourth-order valence-electron chi connectivity index (χ4n) is 4.66. The van der Waals surface area contributed by atoms with E-state index in [0.29, 0.717) is 25.6 Å². The molecule has 28 heavy (non-hydrogen) atoms. The molecule has 0 spiro atoms. The zero-order valence-corrected chi connectivity index (χ0v) is 17.1. The Morgan fingerprint density at radius 2 is 1.93 bits per heavy atom. The van der Waals surface area contributed by atoms with E-state index in [-0.39, 0.29) is 18.1 Å². The Balaban J connectivity index is 1.35. The van der Waals surface area contributed by atoms with Gasteiger partial charge in [-0.2, -0.15) is 0 Å². The number of morpholine rings is 1. The van der Waals surface area contributed by atoms with Crippen LogP contribution in [0.4, 0.5) is 0 Å². The molecule has 2 unspecified atom stereocenters. The molecule has 2 aromatic rings. The second kappa shape index (κ2) is 8.13. The largest absolute Gasteiger partial charge is 0.497 e. The predicted octanol–water partition coefficient (Wildman–Crippen LogP) is 2.99. The lowest BCUT2D eigenvalue weighted by atomic mass is 9.89. The Labute approximate surface area is 166 Å². The van der Waals surface area contributed by atoms with Crippen molar-refractivity contribution in [2.24, 2.45) is 0 Å². The second-order valence-corrected chi connectivity index (χ2v) is 8.26. The van der Waals surface area contributed by atoms with Gasteiger partial charge in [-0.3, -0.25) is 9.69 Å². The average molecular weight is 386 g/mol. The fraction of sp³-hybridized carbons (Fsp3) is 0.591. The highest BCUT2D eigenvalue weighted by Crippen LogP contribution is 2.34. The van der Waals surface area contributed by atoms with Gasteiger partial charge in [-0.1, -0.05) is 0 Å². The first-order valence-electron chi connectivity index (χ1n) is 10.3. The molecule has 2 saturated heterocycles. The zero-order valence-electron chi connectivity index (χ0n) is 17.1. The van der Waals surface area contributed by atoms with Gasteiger partial charge in [0, 0.05) is 30.2 Å². The quantitative estimate of drug-likeness (QED) is 0.879. The lowest BCUT2D eigenvalue weighted by Gasteiger charge is -2.37. The molecule has 152 valence electrons. The van der Waals surface area contributed by atoms with Crippen LogP contribution >= 0.6 is 0 Å². The number of aromatic nitrogens is 1. The number of hydrogen-bond acceptors (Lipinski definition) is 4. The van der Waals surface area contributed by atoms with Crippen molar-refractivity contribution in [3.05, 3.63) is 30.0 Å². The van der Waals surface area contributed by atoms with E-state index in [2.05, 4.69) is 28.2 Å². The molecule has 6 nitrogen and oxygen atoms in total. The number of carbonyl (C=O) groups is 1. The van der Waals surface area contributed by atoms with E-state index in [1.807, 2.05) is 24.8 Å². The number of nitrogens with zero attached hydrogens (tertiary/aromatic N) is 2. The first kappa shape index (κ1) is 19.3. The van der Waals surface area contributed by atoms with Crippen molar-refractivity contribution in [3.8, 4) is 5.75 Å². The summed E-state index contributed by atoms with van der Waals surface area (Å²) in [4.78, 5) is 20.4. The van der Waals surface area contributed by atoms with Crippen molar-refractivity contribution in [1.82, 2.24) is 14.8 Å². The Morgan fingerprint density at radius 1 is 1.21 bits per heavy atom. The molecule has 6 heteroatoms. The number of rotatable bonds is 4. The van der Waals surface area contributed by atoms with Gasteiger partial charge in [0.1, 0.15) is 5.75 Å². The van der Waals surface area contributed by atoms with E-state index in [0.717, 1.165) is 37.2 Å². The standard InChI is InChI=1S/C22H31N3O3/c1-15-12-25(13-16(2)28-15)22(26)14-24-8-6-17(7-9-24)20-11-23-21-5-4-18(27-3)10-19(20)21/h4-5,10-11,15-17,23H,6-9,12-14H2,1-3H3. The number of amides is 1. The molecule has 0 radical (unpaired) electrons. The molecule has 2 atom stereocenters. The van der Waals surface area contributed by atoms with Gasteiger partial charge >= 0.3 is 0 Å². The molecule has 1 amide bonds. The number of likely N-dealkylation sites (tertiary alicyclic amines) is 1. The number of ether oxygens (including phenoxy) is 2. The smallest absolute Gasteiger partial charge is 0.236 e. The molecule has 1 aromatic heterocycles. The Bertz CT molecular complexity index is 816. The van der Waals surface area contributed by atoms with Crippen LogP contribution in [0.1, 0.15) is 38.2 Å². The number of methoxy groups -OCH3 is 1. The molecule has 1 aromatic carbocycles. The van der Waals surface area contributed by atoms with Crippen LogP contribution in [-0.4, -0.2) is 72.7 Å². The van der Waals surface area contributed by atoms with Crippen LogP contribution in [0.3, 0.4) is 0 Å². The van der Waals surface area contributed by atoms with E-state index in [1.54, 1.807) is 7.11 Å². The predicted molar refractivity (Wildman–Crippen MR) is 110 cm³/mol. The molecule has 2 aliphatic heterocycles. The number of carbonyl (C=O) groups excluding carboxylic acids is 1. The first-order valence-corrected chi connectivity index (χ1v) is 10.3.